The lowest BCUT2D eigenvalue weighted by Crippen LogP contribution is -2.29. The maximum absolute atomic E-state index is 13.6. The molecule has 0 bridgehead atoms. The summed E-state index contributed by atoms with van der Waals surface area (Å²) in [5.41, 5.74) is 1.69. The molecular weight excluding hydrogens is 540 g/mol. The zero-order valence-corrected chi connectivity index (χ0v) is 24.1. The normalized spacial score (nSPS) is 16.4. The molecule has 3 aromatic carbocycles. The standard InChI is InChI=1S/C32H32N2O6S/c1-4-16-39-22-12-10-20(11-13-22)28-27(29(35)21-8-7-9-23(18-21)40-17-5-2)30(36)31(37)34(28)32-33-25-15-14-24(38-6-3)19-26(25)41-32/h7-15,18-19,28,35H,4-6,16-17H2,1-3H3. The van der Waals surface area contributed by atoms with Crippen molar-refractivity contribution < 1.29 is 28.9 Å². The molecule has 0 radical (unpaired) electrons. The number of rotatable bonds is 11. The van der Waals surface area contributed by atoms with Gasteiger partial charge in [0.1, 0.15) is 23.0 Å². The quantitative estimate of drug-likeness (QED) is 0.119. The number of nitrogens with zero attached hydrogens (tertiary/aromatic N) is 2. The Hall–Kier alpha value is -4.37. The van der Waals surface area contributed by atoms with Gasteiger partial charge < -0.3 is 19.3 Å². The molecule has 1 aliphatic rings. The Kier molecular flexibility index (Phi) is 8.54. The highest BCUT2D eigenvalue weighted by atomic mass is 32.1. The lowest BCUT2D eigenvalue weighted by atomic mass is 9.95. The van der Waals surface area contributed by atoms with E-state index >= 15 is 0 Å². The van der Waals surface area contributed by atoms with Crippen molar-refractivity contribution in [2.75, 3.05) is 24.7 Å². The van der Waals surface area contributed by atoms with E-state index in [1.807, 2.05) is 51.1 Å². The predicted molar refractivity (Wildman–Crippen MR) is 160 cm³/mol. The number of ether oxygens (including phenoxy) is 3. The largest absolute Gasteiger partial charge is 0.507 e. The van der Waals surface area contributed by atoms with Gasteiger partial charge in [-0.1, -0.05) is 49.4 Å². The molecule has 5 rings (SSSR count). The zero-order valence-electron chi connectivity index (χ0n) is 23.3. The van der Waals surface area contributed by atoms with Crippen LogP contribution in [0.3, 0.4) is 0 Å². The number of hydrogen-bond acceptors (Lipinski definition) is 8. The minimum Gasteiger partial charge on any atom is -0.507 e. The van der Waals surface area contributed by atoms with Crippen LogP contribution < -0.4 is 19.1 Å². The van der Waals surface area contributed by atoms with Gasteiger partial charge >= 0.3 is 5.91 Å². The third-order valence-corrected chi connectivity index (χ3v) is 7.58. The number of benzene rings is 3. The van der Waals surface area contributed by atoms with E-state index in [-0.39, 0.29) is 11.3 Å². The number of aliphatic hydroxyl groups is 1. The Labute approximate surface area is 242 Å². The van der Waals surface area contributed by atoms with Gasteiger partial charge in [0.25, 0.3) is 5.78 Å². The summed E-state index contributed by atoms with van der Waals surface area (Å²) in [7, 11) is 0. The van der Waals surface area contributed by atoms with Gasteiger partial charge in [-0.25, -0.2) is 4.98 Å². The van der Waals surface area contributed by atoms with E-state index in [0.29, 0.717) is 58.8 Å². The van der Waals surface area contributed by atoms with E-state index in [1.165, 1.54) is 16.2 Å². The van der Waals surface area contributed by atoms with E-state index in [1.54, 1.807) is 36.4 Å². The predicted octanol–water partition coefficient (Wildman–Crippen LogP) is 6.90. The molecule has 1 amide bonds. The molecule has 4 aromatic rings. The minimum atomic E-state index is -0.901. The molecule has 0 aliphatic carbocycles. The molecular formula is C32H32N2O6S. The number of hydrogen-bond donors (Lipinski definition) is 1. The first kappa shape index (κ1) is 28.2. The van der Waals surface area contributed by atoms with Crippen molar-refractivity contribution in [2.24, 2.45) is 0 Å². The molecule has 1 aliphatic heterocycles. The number of anilines is 1. The number of fused-ring (bicyclic) bond motifs is 1. The number of carbonyl (C=O) groups is 2. The summed E-state index contributed by atoms with van der Waals surface area (Å²) in [5, 5.41) is 11.9. The molecule has 1 saturated heterocycles. The average Bonchev–Trinajstić information content (AvgIpc) is 3.52. The summed E-state index contributed by atoms with van der Waals surface area (Å²) in [4.78, 5) is 33.3. The van der Waals surface area contributed by atoms with Crippen molar-refractivity contribution in [1.29, 1.82) is 0 Å². The number of Topliss-reactive ketones (excluding diaryl/α,β-unsaturated/α-hetero) is 1. The van der Waals surface area contributed by atoms with Gasteiger partial charge in [-0.3, -0.25) is 14.5 Å². The van der Waals surface area contributed by atoms with Crippen molar-refractivity contribution in [3.8, 4) is 17.2 Å². The van der Waals surface area contributed by atoms with E-state index in [2.05, 4.69) is 0 Å². The number of aliphatic hydroxyl groups excluding tert-OH is 1. The Bertz CT molecular complexity index is 1590. The van der Waals surface area contributed by atoms with Crippen molar-refractivity contribution in [3.63, 3.8) is 0 Å². The molecule has 1 atom stereocenters. The van der Waals surface area contributed by atoms with Crippen LogP contribution in [0.2, 0.25) is 0 Å². The SMILES string of the molecule is CCCOc1ccc(C2C(=C(O)c3cccc(OCCC)c3)C(=O)C(=O)N2c2nc3ccc(OCC)cc3s2)cc1. The fraction of sp³-hybridized carbons (Fsp3) is 0.281. The van der Waals surface area contributed by atoms with Crippen molar-refractivity contribution in [2.45, 2.75) is 39.7 Å². The average molecular weight is 573 g/mol. The maximum Gasteiger partial charge on any atom is 0.301 e. The van der Waals surface area contributed by atoms with Gasteiger partial charge in [-0.2, -0.15) is 0 Å². The van der Waals surface area contributed by atoms with Crippen molar-refractivity contribution >= 4 is 44.1 Å². The fourth-order valence-electron chi connectivity index (χ4n) is 4.67. The van der Waals surface area contributed by atoms with E-state index < -0.39 is 17.7 Å². The van der Waals surface area contributed by atoms with Crippen molar-refractivity contribution in [1.82, 2.24) is 4.98 Å². The Balaban J connectivity index is 1.63. The van der Waals surface area contributed by atoms with Crippen LogP contribution in [0, 0.1) is 0 Å². The number of ketones is 1. The van der Waals surface area contributed by atoms with Crippen LogP contribution in [0.4, 0.5) is 5.13 Å². The molecule has 1 N–H and O–H groups in total. The third-order valence-electron chi connectivity index (χ3n) is 6.56. The lowest BCUT2D eigenvalue weighted by Gasteiger charge is -2.23. The second-order valence-electron chi connectivity index (χ2n) is 9.52. The summed E-state index contributed by atoms with van der Waals surface area (Å²) in [6, 6.07) is 18.7. The molecule has 212 valence electrons. The van der Waals surface area contributed by atoms with Gasteiger partial charge in [0.2, 0.25) is 0 Å². The van der Waals surface area contributed by atoms with Gasteiger partial charge in [0, 0.05) is 5.56 Å². The highest BCUT2D eigenvalue weighted by molar-refractivity contribution is 7.22. The first-order chi connectivity index (χ1) is 19.9. The summed E-state index contributed by atoms with van der Waals surface area (Å²) in [6.07, 6.45) is 1.69. The van der Waals surface area contributed by atoms with Crippen LogP contribution in [0.1, 0.15) is 50.8 Å². The van der Waals surface area contributed by atoms with Crippen molar-refractivity contribution in [3.05, 3.63) is 83.4 Å². The molecule has 1 fully saturated rings. The molecule has 41 heavy (non-hydrogen) atoms. The lowest BCUT2D eigenvalue weighted by molar-refractivity contribution is -0.132. The third kappa shape index (κ3) is 5.76. The highest BCUT2D eigenvalue weighted by Crippen LogP contribution is 2.45. The molecule has 0 spiro atoms. The molecule has 0 saturated carbocycles. The van der Waals surface area contributed by atoms with Crippen LogP contribution >= 0.6 is 11.3 Å². The second-order valence-corrected chi connectivity index (χ2v) is 10.5. The smallest absolute Gasteiger partial charge is 0.301 e. The molecule has 1 aromatic heterocycles. The number of carbonyl (C=O) groups excluding carboxylic acids is 2. The van der Waals surface area contributed by atoms with E-state index in [0.717, 1.165) is 17.5 Å². The molecule has 2 heterocycles. The summed E-state index contributed by atoms with van der Waals surface area (Å²) < 4.78 is 17.9. The molecule has 8 nitrogen and oxygen atoms in total. The molecule has 9 heteroatoms. The summed E-state index contributed by atoms with van der Waals surface area (Å²) in [5.74, 6) is 0.121. The monoisotopic (exact) mass is 572 g/mol. The summed E-state index contributed by atoms with van der Waals surface area (Å²) >= 11 is 1.29. The van der Waals surface area contributed by atoms with Gasteiger partial charge in [-0.05, 0) is 67.8 Å². The first-order valence-corrected chi connectivity index (χ1v) is 14.6. The fourth-order valence-corrected chi connectivity index (χ4v) is 5.69. The van der Waals surface area contributed by atoms with E-state index in [4.69, 9.17) is 19.2 Å². The van der Waals surface area contributed by atoms with Crippen LogP contribution in [0.5, 0.6) is 17.2 Å². The Morgan fingerprint density at radius 2 is 1.56 bits per heavy atom. The van der Waals surface area contributed by atoms with Gasteiger partial charge in [0.15, 0.2) is 5.13 Å². The highest BCUT2D eigenvalue weighted by Gasteiger charge is 2.48. The van der Waals surface area contributed by atoms with Gasteiger partial charge in [-0.15, -0.1) is 0 Å². The number of amides is 1. The van der Waals surface area contributed by atoms with E-state index in [9.17, 15) is 14.7 Å². The number of thiazole rings is 1. The van der Waals surface area contributed by atoms with Crippen LogP contribution in [0.15, 0.2) is 72.3 Å². The maximum atomic E-state index is 13.6. The van der Waals surface area contributed by atoms with Crippen LogP contribution in [-0.4, -0.2) is 41.6 Å². The first-order valence-electron chi connectivity index (χ1n) is 13.8. The zero-order chi connectivity index (χ0) is 28.9. The molecule has 1 unspecified atom stereocenters. The summed E-state index contributed by atoms with van der Waals surface area (Å²) in [6.45, 7) is 7.55. The number of aromatic nitrogens is 1. The second kappa shape index (κ2) is 12.4. The minimum absolute atomic E-state index is 0.0147. The van der Waals surface area contributed by atoms with Crippen LogP contribution in [0.25, 0.3) is 16.0 Å². The topological polar surface area (TPSA) is 98.2 Å². The Morgan fingerprint density at radius 3 is 2.27 bits per heavy atom. The van der Waals surface area contributed by atoms with Crippen LogP contribution in [-0.2, 0) is 9.59 Å². The Morgan fingerprint density at radius 1 is 0.878 bits per heavy atom. The van der Waals surface area contributed by atoms with Gasteiger partial charge in [0.05, 0.1) is 41.7 Å².